The molecule has 0 bridgehead atoms. The molecule has 0 aliphatic heterocycles. The van der Waals surface area contributed by atoms with E-state index in [4.69, 9.17) is 4.42 Å². The third kappa shape index (κ3) is 1.46. The minimum absolute atomic E-state index is 0.0730. The zero-order valence-electron chi connectivity index (χ0n) is 7.10. The molecule has 1 heterocycles. The molecule has 0 radical (unpaired) electrons. The van der Waals surface area contributed by atoms with Crippen LogP contribution >= 0.6 is 0 Å². The lowest BCUT2D eigenvalue weighted by Crippen LogP contribution is -2.06. The molecule has 72 valence electrons. The van der Waals surface area contributed by atoms with E-state index in [1.807, 2.05) is 0 Å². The first-order chi connectivity index (χ1) is 6.81. The highest BCUT2D eigenvalue weighted by molar-refractivity contribution is 5.81. The van der Waals surface area contributed by atoms with Gasteiger partial charge in [-0.2, -0.15) is 5.90 Å². The molecule has 1 aromatic heterocycles. The first kappa shape index (κ1) is 8.74. The Morgan fingerprint density at radius 3 is 2.86 bits per heavy atom. The van der Waals surface area contributed by atoms with Crippen molar-refractivity contribution in [3.8, 4) is 5.95 Å². The van der Waals surface area contributed by atoms with E-state index in [0.717, 1.165) is 0 Å². The van der Waals surface area contributed by atoms with Crippen molar-refractivity contribution in [2.24, 2.45) is 5.90 Å². The van der Waals surface area contributed by atoms with Crippen LogP contribution in [0, 0.1) is 0 Å². The summed E-state index contributed by atoms with van der Waals surface area (Å²) in [5.41, 5.74) is -0.491. The minimum Gasteiger partial charge on any atom is -0.387 e. The van der Waals surface area contributed by atoms with Crippen molar-refractivity contribution in [2.75, 3.05) is 0 Å². The molecule has 1 aromatic carbocycles. The summed E-state index contributed by atoms with van der Waals surface area (Å²) in [6, 6.07) is 8.49. The molecule has 0 amide bonds. The van der Waals surface area contributed by atoms with Crippen LogP contribution in [0.4, 0.5) is 0 Å². The Labute approximate surface area is 78.5 Å². The Hall–Kier alpha value is -1.85. The van der Waals surface area contributed by atoms with Crippen molar-refractivity contribution in [3.05, 3.63) is 40.8 Å². The van der Waals surface area contributed by atoms with Gasteiger partial charge >= 0.3 is 11.6 Å². The van der Waals surface area contributed by atoms with E-state index in [9.17, 15) is 4.79 Å². The van der Waals surface area contributed by atoms with Crippen LogP contribution in [-0.4, -0.2) is 0 Å². The number of hydrogen-bond donors (Lipinski definition) is 1. The molecule has 2 aromatic rings. The number of fused-ring (bicyclic) bond motifs is 1. The van der Waals surface area contributed by atoms with E-state index in [1.54, 1.807) is 24.3 Å². The fraction of sp³-hybridized carbons (Fsp3) is 0. The lowest BCUT2D eigenvalue weighted by atomic mass is 10.2. The highest BCUT2D eigenvalue weighted by atomic mass is 17.3. The molecule has 5 nitrogen and oxygen atoms in total. The van der Waals surface area contributed by atoms with E-state index in [2.05, 4.69) is 15.8 Å². The second-order valence-electron chi connectivity index (χ2n) is 2.62. The maximum Gasteiger partial charge on any atom is 0.346 e. The molecule has 5 heteroatoms. The molecule has 2 rings (SSSR count). The van der Waals surface area contributed by atoms with Gasteiger partial charge in [-0.1, -0.05) is 23.2 Å². The molecule has 0 saturated heterocycles. The molecule has 0 aliphatic carbocycles. The van der Waals surface area contributed by atoms with Gasteiger partial charge in [-0.15, -0.1) is 0 Å². The van der Waals surface area contributed by atoms with Gasteiger partial charge in [0.1, 0.15) is 0 Å². The van der Waals surface area contributed by atoms with Crippen LogP contribution in [0.2, 0.25) is 0 Å². The van der Waals surface area contributed by atoms with Crippen molar-refractivity contribution in [2.45, 2.75) is 0 Å². The molecule has 0 saturated carbocycles. The molecular formula is C9H7NO4. The SMILES string of the molecule is NOOc1cc2ccccc2c(=O)o1. The molecule has 0 unspecified atom stereocenters. The first-order valence-electron chi connectivity index (χ1n) is 3.87. The molecule has 0 spiro atoms. The minimum atomic E-state index is -0.491. The lowest BCUT2D eigenvalue weighted by Gasteiger charge is -1.99. The van der Waals surface area contributed by atoms with E-state index >= 15 is 0 Å². The summed E-state index contributed by atoms with van der Waals surface area (Å²) in [5, 5.41) is 1.19. The van der Waals surface area contributed by atoms with Crippen molar-refractivity contribution >= 4 is 10.8 Å². The van der Waals surface area contributed by atoms with Gasteiger partial charge in [0.15, 0.2) is 0 Å². The standard InChI is InChI=1S/C9H7NO4/c10-14-13-8-5-6-3-1-2-4-7(6)9(11)12-8/h1-5H,10H2. The summed E-state index contributed by atoms with van der Waals surface area (Å²) in [7, 11) is 0. The van der Waals surface area contributed by atoms with Gasteiger partial charge in [-0.25, -0.2) is 4.79 Å². The summed E-state index contributed by atoms with van der Waals surface area (Å²) >= 11 is 0. The molecule has 14 heavy (non-hydrogen) atoms. The van der Waals surface area contributed by atoms with Crippen LogP contribution < -0.4 is 16.4 Å². The normalized spacial score (nSPS) is 10.4. The number of benzene rings is 1. The number of hydrogen-bond acceptors (Lipinski definition) is 5. The zero-order valence-corrected chi connectivity index (χ0v) is 7.10. The van der Waals surface area contributed by atoms with Gasteiger partial charge in [0.25, 0.3) is 0 Å². The average molecular weight is 193 g/mol. The van der Waals surface area contributed by atoms with Gasteiger partial charge in [0.05, 0.1) is 5.39 Å². The summed E-state index contributed by atoms with van der Waals surface area (Å²) in [6.45, 7) is 0. The lowest BCUT2D eigenvalue weighted by molar-refractivity contribution is -0.225. The highest BCUT2D eigenvalue weighted by Gasteiger charge is 2.04. The summed E-state index contributed by atoms with van der Waals surface area (Å²) in [4.78, 5) is 19.6. The van der Waals surface area contributed by atoms with Gasteiger partial charge in [-0.05, 0) is 11.5 Å². The van der Waals surface area contributed by atoms with Crippen molar-refractivity contribution in [3.63, 3.8) is 0 Å². The van der Waals surface area contributed by atoms with E-state index in [1.165, 1.54) is 6.07 Å². The van der Waals surface area contributed by atoms with Crippen LogP contribution in [0.15, 0.2) is 39.5 Å². The largest absolute Gasteiger partial charge is 0.387 e. The first-order valence-corrected chi connectivity index (χ1v) is 3.87. The van der Waals surface area contributed by atoms with E-state index in [0.29, 0.717) is 10.8 Å². The molecular weight excluding hydrogens is 186 g/mol. The fourth-order valence-electron chi connectivity index (χ4n) is 1.20. The van der Waals surface area contributed by atoms with Crippen LogP contribution in [0.3, 0.4) is 0 Å². The van der Waals surface area contributed by atoms with E-state index < -0.39 is 5.63 Å². The Morgan fingerprint density at radius 1 is 1.29 bits per heavy atom. The van der Waals surface area contributed by atoms with Gasteiger partial charge < -0.3 is 4.42 Å². The van der Waals surface area contributed by atoms with Crippen LogP contribution in [0.25, 0.3) is 10.8 Å². The Balaban J connectivity index is 2.66. The van der Waals surface area contributed by atoms with Crippen molar-refractivity contribution in [1.29, 1.82) is 0 Å². The third-order valence-electron chi connectivity index (χ3n) is 1.78. The maximum atomic E-state index is 11.3. The maximum absolute atomic E-state index is 11.3. The average Bonchev–Trinajstić information content (AvgIpc) is 2.18. The van der Waals surface area contributed by atoms with E-state index in [-0.39, 0.29) is 5.95 Å². The second kappa shape index (κ2) is 3.49. The van der Waals surface area contributed by atoms with Gasteiger partial charge in [-0.3, -0.25) is 4.89 Å². The van der Waals surface area contributed by atoms with Crippen molar-refractivity contribution in [1.82, 2.24) is 0 Å². The predicted octanol–water partition coefficient (Wildman–Crippen LogP) is 0.977. The smallest absolute Gasteiger partial charge is 0.346 e. The summed E-state index contributed by atoms with van der Waals surface area (Å²) in [5.74, 6) is 4.60. The Bertz CT molecular complexity index is 505. The van der Waals surface area contributed by atoms with Crippen LogP contribution in [-0.2, 0) is 4.99 Å². The Morgan fingerprint density at radius 2 is 2.07 bits per heavy atom. The molecule has 0 aliphatic rings. The van der Waals surface area contributed by atoms with Gasteiger partial charge in [0.2, 0.25) is 0 Å². The second-order valence-corrected chi connectivity index (χ2v) is 2.62. The monoisotopic (exact) mass is 193 g/mol. The van der Waals surface area contributed by atoms with Crippen molar-refractivity contribution < 1.29 is 14.3 Å². The fourth-order valence-corrected chi connectivity index (χ4v) is 1.20. The molecule has 0 atom stereocenters. The van der Waals surface area contributed by atoms with Gasteiger partial charge in [0, 0.05) is 6.07 Å². The topological polar surface area (TPSA) is 74.7 Å². The molecule has 0 fully saturated rings. The number of rotatable bonds is 2. The van der Waals surface area contributed by atoms with Crippen LogP contribution in [0.5, 0.6) is 5.95 Å². The van der Waals surface area contributed by atoms with Crippen LogP contribution in [0.1, 0.15) is 0 Å². The summed E-state index contributed by atoms with van der Waals surface area (Å²) < 4.78 is 4.75. The highest BCUT2D eigenvalue weighted by Crippen LogP contribution is 2.16. The summed E-state index contributed by atoms with van der Waals surface area (Å²) in [6.07, 6.45) is 0. The molecule has 2 N–H and O–H groups in total. The zero-order chi connectivity index (χ0) is 9.97. The predicted molar refractivity (Wildman–Crippen MR) is 48.4 cm³/mol. The Kier molecular flexibility index (Phi) is 2.18. The quantitative estimate of drug-likeness (QED) is 0.568. The third-order valence-corrected chi connectivity index (χ3v) is 1.78. The number of nitrogens with two attached hydrogens (primary N) is 1.